The lowest BCUT2D eigenvalue weighted by Gasteiger charge is -2.41. The molecule has 5 nitrogen and oxygen atoms in total. The zero-order valence-electron chi connectivity index (χ0n) is 17.0. The summed E-state index contributed by atoms with van der Waals surface area (Å²) < 4.78 is 11.1. The average molecular weight is 436 g/mol. The number of hydrogen-bond acceptors (Lipinski definition) is 4. The predicted octanol–water partition coefficient (Wildman–Crippen LogP) is 5.23. The second-order valence-corrected chi connectivity index (χ2v) is 7.59. The lowest BCUT2D eigenvalue weighted by Crippen LogP contribution is -2.52. The van der Waals surface area contributed by atoms with Crippen LogP contribution in [-0.2, 0) is 26.2 Å². The number of para-hydroxylation sites is 1. The number of nitrogens with zero attached hydrogens (tertiary/aromatic N) is 1. The Balaban J connectivity index is 2.01. The van der Waals surface area contributed by atoms with Crippen LogP contribution in [0.1, 0.15) is 22.8 Å². The summed E-state index contributed by atoms with van der Waals surface area (Å²) >= 11 is 5.80. The van der Waals surface area contributed by atoms with Gasteiger partial charge in [0.15, 0.2) is 6.10 Å². The number of amides is 1. The van der Waals surface area contributed by atoms with Gasteiger partial charge in [0.25, 0.3) is 0 Å². The molecule has 0 N–H and O–H groups in total. The zero-order valence-corrected chi connectivity index (χ0v) is 17.8. The molecule has 0 radical (unpaired) electrons. The summed E-state index contributed by atoms with van der Waals surface area (Å²) in [5.74, 6) is -0.839. The van der Waals surface area contributed by atoms with Crippen LogP contribution in [0.3, 0.4) is 0 Å². The molecule has 3 aromatic carbocycles. The molecule has 1 heterocycles. The maximum atomic E-state index is 13.2. The third-order valence-corrected chi connectivity index (χ3v) is 5.82. The first-order valence-corrected chi connectivity index (χ1v) is 10.5. The summed E-state index contributed by atoms with van der Waals surface area (Å²) in [7, 11) is 1.35. The van der Waals surface area contributed by atoms with Gasteiger partial charge in [0.05, 0.1) is 12.8 Å². The van der Waals surface area contributed by atoms with Gasteiger partial charge in [-0.25, -0.2) is 4.79 Å². The molecule has 31 heavy (non-hydrogen) atoms. The Morgan fingerprint density at radius 3 is 2.19 bits per heavy atom. The molecule has 0 saturated carbocycles. The highest BCUT2D eigenvalue weighted by Gasteiger charge is 2.57. The standard InChI is InChI=1S/C25H22ClNO4/c1-30-24(29)27-21-15-9-8-14-20(21)23(31-22(28)17-26)25(27,19-12-6-3-7-13-19)16-18-10-4-2-5-11-18/h2-15,23H,16-17H2,1H3/t23-,25-/m1/s1. The number of fused-ring (bicyclic) bond motifs is 1. The molecule has 1 amide bonds. The van der Waals surface area contributed by atoms with Gasteiger partial charge in [-0.2, -0.15) is 0 Å². The SMILES string of the molecule is COC(=O)N1c2ccccc2[C@@H](OC(=O)CCl)[C@@]1(Cc1ccccc1)c1ccccc1. The third kappa shape index (κ3) is 3.66. The predicted molar refractivity (Wildman–Crippen MR) is 119 cm³/mol. The normalized spacial score (nSPS) is 19.5. The Labute approximate surface area is 186 Å². The summed E-state index contributed by atoms with van der Waals surface area (Å²) in [5, 5.41) is 0. The highest BCUT2D eigenvalue weighted by atomic mass is 35.5. The van der Waals surface area contributed by atoms with Crippen LogP contribution >= 0.6 is 11.6 Å². The van der Waals surface area contributed by atoms with E-state index in [0.29, 0.717) is 12.1 Å². The fourth-order valence-electron chi connectivity index (χ4n) is 4.37. The molecule has 158 valence electrons. The van der Waals surface area contributed by atoms with Gasteiger partial charge in [-0.1, -0.05) is 78.9 Å². The Morgan fingerprint density at radius 1 is 0.935 bits per heavy atom. The van der Waals surface area contributed by atoms with Crippen molar-refractivity contribution in [2.45, 2.75) is 18.1 Å². The van der Waals surface area contributed by atoms with Crippen molar-refractivity contribution in [2.24, 2.45) is 0 Å². The number of carbonyl (C=O) groups excluding carboxylic acids is 2. The van der Waals surface area contributed by atoms with Crippen molar-refractivity contribution < 1.29 is 19.1 Å². The van der Waals surface area contributed by atoms with Crippen LogP contribution in [0, 0.1) is 0 Å². The number of alkyl halides is 1. The van der Waals surface area contributed by atoms with Crippen molar-refractivity contribution in [2.75, 3.05) is 17.9 Å². The molecule has 4 rings (SSSR count). The number of carbonyl (C=O) groups is 2. The molecular formula is C25H22ClNO4. The van der Waals surface area contributed by atoms with E-state index in [1.807, 2.05) is 84.9 Å². The molecule has 0 spiro atoms. The molecule has 3 aromatic rings. The Bertz CT molecular complexity index is 1070. The number of esters is 1. The molecule has 0 fully saturated rings. The van der Waals surface area contributed by atoms with Gasteiger partial charge in [0, 0.05) is 12.0 Å². The molecule has 0 unspecified atom stereocenters. The summed E-state index contributed by atoms with van der Waals surface area (Å²) in [6.07, 6.45) is -0.893. The molecule has 0 bridgehead atoms. The first-order valence-electron chi connectivity index (χ1n) is 9.94. The molecule has 1 aliphatic rings. The van der Waals surface area contributed by atoms with Crippen LogP contribution in [0.2, 0.25) is 0 Å². The molecule has 2 atom stereocenters. The lowest BCUT2D eigenvalue weighted by molar-refractivity contribution is -0.149. The third-order valence-electron chi connectivity index (χ3n) is 5.60. The number of hydrogen-bond donors (Lipinski definition) is 0. The number of rotatable bonds is 5. The van der Waals surface area contributed by atoms with E-state index in [2.05, 4.69) is 0 Å². The molecule has 0 aliphatic carbocycles. The number of ether oxygens (including phenoxy) is 2. The van der Waals surface area contributed by atoms with Crippen LogP contribution < -0.4 is 4.90 Å². The van der Waals surface area contributed by atoms with E-state index in [4.69, 9.17) is 21.1 Å². The summed E-state index contributed by atoms with van der Waals surface area (Å²) in [4.78, 5) is 27.2. The summed E-state index contributed by atoms with van der Waals surface area (Å²) in [6.45, 7) is 0. The van der Waals surface area contributed by atoms with Gasteiger partial charge < -0.3 is 9.47 Å². The van der Waals surface area contributed by atoms with Crippen molar-refractivity contribution in [1.29, 1.82) is 0 Å². The van der Waals surface area contributed by atoms with E-state index in [-0.39, 0.29) is 5.88 Å². The molecule has 0 saturated heterocycles. The Morgan fingerprint density at radius 2 is 1.55 bits per heavy atom. The van der Waals surface area contributed by atoms with Crippen molar-refractivity contribution in [3.63, 3.8) is 0 Å². The first-order chi connectivity index (χ1) is 15.1. The van der Waals surface area contributed by atoms with E-state index < -0.39 is 23.7 Å². The Kier molecular flexibility index (Phi) is 5.96. The summed E-state index contributed by atoms with van der Waals surface area (Å²) in [6, 6.07) is 26.8. The van der Waals surface area contributed by atoms with Crippen molar-refractivity contribution >= 4 is 29.4 Å². The second-order valence-electron chi connectivity index (χ2n) is 7.32. The van der Waals surface area contributed by atoms with E-state index in [0.717, 1.165) is 16.7 Å². The maximum absolute atomic E-state index is 13.2. The van der Waals surface area contributed by atoms with E-state index >= 15 is 0 Å². The largest absolute Gasteiger partial charge is 0.454 e. The molecule has 0 aromatic heterocycles. The van der Waals surface area contributed by atoms with Crippen LogP contribution in [0.15, 0.2) is 84.9 Å². The fourth-order valence-corrected chi connectivity index (χ4v) is 4.43. The van der Waals surface area contributed by atoms with E-state index in [1.54, 1.807) is 4.90 Å². The number of methoxy groups -OCH3 is 1. The number of anilines is 1. The average Bonchev–Trinajstić information content (AvgIpc) is 3.09. The molecular weight excluding hydrogens is 414 g/mol. The number of benzene rings is 3. The highest BCUT2D eigenvalue weighted by Crippen LogP contribution is 2.55. The van der Waals surface area contributed by atoms with Gasteiger partial charge in [-0.3, -0.25) is 9.69 Å². The number of halogens is 1. The van der Waals surface area contributed by atoms with Gasteiger partial charge in [0.1, 0.15) is 11.4 Å². The van der Waals surface area contributed by atoms with E-state index in [1.165, 1.54) is 7.11 Å². The van der Waals surface area contributed by atoms with Crippen LogP contribution in [0.25, 0.3) is 0 Å². The minimum Gasteiger partial charge on any atom is -0.454 e. The van der Waals surface area contributed by atoms with Crippen LogP contribution in [-0.4, -0.2) is 25.1 Å². The minimum atomic E-state index is -1.05. The molecule has 1 aliphatic heterocycles. The van der Waals surface area contributed by atoms with Gasteiger partial charge >= 0.3 is 12.1 Å². The van der Waals surface area contributed by atoms with Crippen molar-refractivity contribution in [3.8, 4) is 0 Å². The Hall–Kier alpha value is -3.31. The summed E-state index contributed by atoms with van der Waals surface area (Å²) in [5.41, 5.74) is 2.13. The second kappa shape index (κ2) is 8.82. The van der Waals surface area contributed by atoms with E-state index in [9.17, 15) is 9.59 Å². The van der Waals surface area contributed by atoms with Gasteiger partial charge in [0.2, 0.25) is 0 Å². The van der Waals surface area contributed by atoms with Crippen molar-refractivity contribution in [1.82, 2.24) is 0 Å². The quantitative estimate of drug-likeness (QED) is 0.406. The van der Waals surface area contributed by atoms with Gasteiger partial charge in [-0.15, -0.1) is 11.6 Å². The zero-order chi connectivity index (χ0) is 21.8. The smallest absolute Gasteiger partial charge is 0.414 e. The topological polar surface area (TPSA) is 55.8 Å². The lowest BCUT2D eigenvalue weighted by atomic mass is 9.78. The minimum absolute atomic E-state index is 0.285. The van der Waals surface area contributed by atoms with Crippen LogP contribution in [0.5, 0.6) is 0 Å². The maximum Gasteiger partial charge on any atom is 0.414 e. The van der Waals surface area contributed by atoms with Crippen molar-refractivity contribution in [3.05, 3.63) is 102 Å². The molecule has 6 heteroatoms. The fraction of sp³-hybridized carbons (Fsp3) is 0.200. The van der Waals surface area contributed by atoms with Crippen LogP contribution in [0.4, 0.5) is 10.5 Å². The first kappa shape index (κ1) is 20.9. The highest BCUT2D eigenvalue weighted by molar-refractivity contribution is 6.26. The van der Waals surface area contributed by atoms with Gasteiger partial charge in [-0.05, 0) is 17.2 Å². The monoisotopic (exact) mass is 435 g/mol.